The number of fused-ring (bicyclic) bond motifs is 2. The Kier molecular flexibility index (Phi) is 4.95. The predicted molar refractivity (Wildman–Crippen MR) is 107 cm³/mol. The van der Waals surface area contributed by atoms with E-state index < -0.39 is 25.1 Å². The quantitative estimate of drug-likeness (QED) is 0.685. The smallest absolute Gasteiger partial charge is 0.223 e. The molecule has 4 rings (SSSR count). The van der Waals surface area contributed by atoms with Crippen LogP contribution in [-0.4, -0.2) is 38.5 Å². The average Bonchev–Trinajstić information content (AvgIpc) is 2.94. The van der Waals surface area contributed by atoms with Crippen LogP contribution >= 0.6 is 15.9 Å². The van der Waals surface area contributed by atoms with Gasteiger partial charge in [-0.25, -0.2) is 16.8 Å². The molecule has 5 nitrogen and oxygen atoms in total. The minimum absolute atomic E-state index is 0.256. The van der Waals surface area contributed by atoms with Crippen LogP contribution in [0.25, 0.3) is 0 Å². The van der Waals surface area contributed by atoms with Gasteiger partial charge in [-0.2, -0.15) is 4.31 Å². The third-order valence-electron chi connectivity index (χ3n) is 5.52. The van der Waals surface area contributed by atoms with E-state index in [2.05, 4.69) is 15.9 Å². The van der Waals surface area contributed by atoms with E-state index in [1.165, 1.54) is 0 Å². The molecule has 27 heavy (non-hydrogen) atoms. The van der Waals surface area contributed by atoms with Crippen LogP contribution in [0.1, 0.15) is 25.7 Å². The lowest BCUT2D eigenvalue weighted by atomic mass is 10.1. The molecule has 0 radical (unpaired) electrons. The van der Waals surface area contributed by atoms with E-state index in [1.54, 1.807) is 58.9 Å². The van der Waals surface area contributed by atoms with E-state index in [0.29, 0.717) is 30.6 Å². The van der Waals surface area contributed by atoms with Crippen molar-refractivity contribution >= 4 is 35.8 Å². The Hall–Kier alpha value is -1.22. The average molecular weight is 470 g/mol. The summed E-state index contributed by atoms with van der Waals surface area (Å²) in [5.41, 5.74) is 0. The van der Waals surface area contributed by atoms with Gasteiger partial charge in [0.05, 0.1) is 15.0 Å². The summed E-state index contributed by atoms with van der Waals surface area (Å²) in [6, 6.07) is 14.5. The first-order chi connectivity index (χ1) is 12.8. The third-order valence-corrected chi connectivity index (χ3v) is 10.3. The summed E-state index contributed by atoms with van der Waals surface area (Å²) >= 11 is 3.32. The molecule has 0 saturated carbocycles. The van der Waals surface area contributed by atoms with Crippen molar-refractivity contribution < 1.29 is 16.8 Å². The molecule has 0 N–H and O–H groups in total. The molecule has 2 aromatic rings. The van der Waals surface area contributed by atoms with Crippen LogP contribution in [0.15, 0.2) is 68.9 Å². The molecular formula is C19H20BrNO4S2. The van der Waals surface area contributed by atoms with Crippen molar-refractivity contribution in [3.63, 3.8) is 0 Å². The topological polar surface area (TPSA) is 71.5 Å². The zero-order valence-corrected chi connectivity index (χ0v) is 17.8. The first-order valence-corrected chi connectivity index (χ1v) is 12.7. The summed E-state index contributed by atoms with van der Waals surface area (Å²) < 4.78 is 54.7. The van der Waals surface area contributed by atoms with Crippen LogP contribution in [0.4, 0.5) is 0 Å². The van der Waals surface area contributed by atoms with Crippen LogP contribution in [0.5, 0.6) is 0 Å². The van der Waals surface area contributed by atoms with Gasteiger partial charge in [-0.1, -0.05) is 34.1 Å². The normalized spacial score (nSPS) is 26.2. The second kappa shape index (κ2) is 6.99. The Morgan fingerprint density at radius 1 is 0.778 bits per heavy atom. The van der Waals surface area contributed by atoms with E-state index in [1.807, 2.05) is 0 Å². The summed E-state index contributed by atoms with van der Waals surface area (Å²) in [4.78, 5) is 0.575. The van der Waals surface area contributed by atoms with Crippen LogP contribution in [-0.2, 0) is 19.9 Å². The Labute approximate surface area is 168 Å². The number of rotatable bonds is 4. The van der Waals surface area contributed by atoms with Gasteiger partial charge >= 0.3 is 0 Å². The van der Waals surface area contributed by atoms with Crippen LogP contribution in [0.3, 0.4) is 0 Å². The molecule has 2 fully saturated rings. The minimum Gasteiger partial charge on any atom is -0.223 e. The molecule has 2 aliphatic heterocycles. The second-order valence-electron chi connectivity index (χ2n) is 7.13. The van der Waals surface area contributed by atoms with Crippen molar-refractivity contribution in [2.45, 2.75) is 52.8 Å². The van der Waals surface area contributed by atoms with Crippen molar-refractivity contribution in [1.29, 1.82) is 0 Å². The Bertz CT molecular complexity index is 1020. The molecule has 2 bridgehead atoms. The second-order valence-corrected chi connectivity index (χ2v) is 12.1. The zero-order chi connectivity index (χ0) is 19.2. The molecule has 0 aromatic heterocycles. The molecule has 2 aliphatic rings. The molecule has 2 unspecified atom stereocenters. The Morgan fingerprint density at radius 3 is 1.89 bits per heavy atom. The summed E-state index contributed by atoms with van der Waals surface area (Å²) in [5.74, 6) is 0. The van der Waals surface area contributed by atoms with E-state index in [-0.39, 0.29) is 17.0 Å². The first-order valence-electron chi connectivity index (χ1n) is 8.88. The number of halogens is 1. The van der Waals surface area contributed by atoms with Crippen molar-refractivity contribution in [2.24, 2.45) is 0 Å². The van der Waals surface area contributed by atoms with Crippen LogP contribution < -0.4 is 0 Å². The summed E-state index contributed by atoms with van der Waals surface area (Å²) in [6.45, 7) is 0. The highest BCUT2D eigenvalue weighted by Crippen LogP contribution is 2.42. The van der Waals surface area contributed by atoms with Crippen molar-refractivity contribution in [2.75, 3.05) is 0 Å². The highest BCUT2D eigenvalue weighted by Gasteiger charge is 2.50. The monoisotopic (exact) mass is 469 g/mol. The number of piperidine rings is 1. The van der Waals surface area contributed by atoms with Crippen LogP contribution in [0.2, 0.25) is 0 Å². The molecule has 2 atom stereocenters. The number of hydrogen-bond donors (Lipinski definition) is 0. The summed E-state index contributed by atoms with van der Waals surface area (Å²) in [7, 11) is -7.09. The van der Waals surface area contributed by atoms with Crippen molar-refractivity contribution in [3.8, 4) is 0 Å². The first kappa shape index (κ1) is 19.1. The summed E-state index contributed by atoms with van der Waals surface area (Å²) in [5, 5.41) is -0.534. The maximum atomic E-state index is 13.1. The number of sulfonamides is 1. The largest absolute Gasteiger partial charge is 0.243 e. The highest BCUT2D eigenvalue weighted by molar-refractivity contribution is 9.10. The minimum atomic E-state index is -3.63. The fraction of sp³-hybridized carbons (Fsp3) is 0.368. The molecule has 144 valence electrons. The number of benzene rings is 2. The highest BCUT2D eigenvalue weighted by atomic mass is 79.9. The molecule has 0 amide bonds. The molecular weight excluding hydrogens is 450 g/mol. The lowest BCUT2D eigenvalue weighted by Gasteiger charge is -2.37. The van der Waals surface area contributed by atoms with E-state index in [9.17, 15) is 16.8 Å². The molecule has 2 heterocycles. The van der Waals surface area contributed by atoms with Gasteiger partial charge in [0.25, 0.3) is 0 Å². The third kappa shape index (κ3) is 3.37. The van der Waals surface area contributed by atoms with E-state index in [4.69, 9.17) is 0 Å². The number of nitrogens with zero attached hydrogens (tertiary/aromatic N) is 1. The van der Waals surface area contributed by atoms with Gasteiger partial charge in [-0.15, -0.1) is 0 Å². The van der Waals surface area contributed by atoms with Gasteiger partial charge in [0.1, 0.15) is 0 Å². The van der Waals surface area contributed by atoms with Gasteiger partial charge in [0.15, 0.2) is 9.84 Å². The van der Waals surface area contributed by atoms with Gasteiger partial charge in [0.2, 0.25) is 10.0 Å². The predicted octanol–water partition coefficient (Wildman–Crippen LogP) is 3.61. The van der Waals surface area contributed by atoms with E-state index >= 15 is 0 Å². The molecule has 0 aliphatic carbocycles. The fourth-order valence-corrected chi connectivity index (χ4v) is 8.29. The van der Waals surface area contributed by atoms with Gasteiger partial charge in [-0.05, 0) is 62.1 Å². The van der Waals surface area contributed by atoms with Gasteiger partial charge in [0, 0.05) is 16.6 Å². The molecule has 8 heteroatoms. The Balaban J connectivity index is 1.62. The summed E-state index contributed by atoms with van der Waals surface area (Å²) in [6.07, 6.45) is 2.12. The lowest BCUT2D eigenvalue weighted by Crippen LogP contribution is -2.49. The zero-order valence-electron chi connectivity index (χ0n) is 14.5. The lowest BCUT2D eigenvalue weighted by molar-refractivity contribution is 0.249. The molecule has 2 aromatic carbocycles. The Morgan fingerprint density at radius 2 is 1.33 bits per heavy atom. The van der Waals surface area contributed by atoms with Crippen LogP contribution in [0, 0.1) is 0 Å². The maximum Gasteiger partial charge on any atom is 0.243 e. The van der Waals surface area contributed by atoms with Crippen molar-refractivity contribution in [3.05, 3.63) is 59.1 Å². The number of sulfone groups is 1. The molecule has 0 spiro atoms. The SMILES string of the molecule is O=S(=O)(c1ccccc1)C1CC2CCC(C1)N2S(=O)(=O)c1ccc(Br)cc1. The fourth-order valence-electron chi connectivity index (χ4n) is 4.26. The molecule has 2 saturated heterocycles. The van der Waals surface area contributed by atoms with Gasteiger partial charge < -0.3 is 0 Å². The van der Waals surface area contributed by atoms with Gasteiger partial charge in [-0.3, -0.25) is 0 Å². The van der Waals surface area contributed by atoms with E-state index in [0.717, 1.165) is 4.47 Å². The standard InChI is InChI=1S/C19H20BrNO4S2/c20-14-6-10-18(11-7-14)27(24,25)21-15-8-9-16(21)13-19(12-15)26(22,23)17-4-2-1-3-5-17/h1-7,10-11,15-16,19H,8-9,12-13H2. The number of hydrogen-bond acceptors (Lipinski definition) is 4. The maximum absolute atomic E-state index is 13.1. The van der Waals surface area contributed by atoms with Crippen molar-refractivity contribution in [1.82, 2.24) is 4.31 Å².